The molecule has 0 atom stereocenters. The minimum Gasteiger partial charge on any atom is -0.494 e. The van der Waals surface area contributed by atoms with Gasteiger partial charge in [-0.25, -0.2) is 4.68 Å². The summed E-state index contributed by atoms with van der Waals surface area (Å²) in [7, 11) is 0. The normalized spacial score (nSPS) is 10.4. The molecular formula is C20H20N2O3. The van der Waals surface area contributed by atoms with Gasteiger partial charge in [-0.15, -0.1) is 0 Å². The van der Waals surface area contributed by atoms with Crippen LogP contribution in [0.4, 0.5) is 0 Å². The number of esters is 1. The van der Waals surface area contributed by atoms with E-state index in [4.69, 9.17) is 9.47 Å². The van der Waals surface area contributed by atoms with Crippen LogP contribution in [0, 0.1) is 0 Å². The molecule has 0 saturated carbocycles. The van der Waals surface area contributed by atoms with Crippen molar-refractivity contribution < 1.29 is 14.3 Å². The standard InChI is InChI=1S/C20H20N2O3/c1-2-12-24-18-8-10-19(11-9-18)25-20(23)13-16-14-21-22(15-16)17-6-4-3-5-7-17/h3-11,14-15H,2,12-13H2,1H3. The van der Waals surface area contributed by atoms with Gasteiger partial charge in [0.25, 0.3) is 0 Å². The Hall–Kier alpha value is -3.08. The zero-order valence-electron chi connectivity index (χ0n) is 14.1. The number of hydrogen-bond donors (Lipinski definition) is 0. The maximum absolute atomic E-state index is 12.1. The van der Waals surface area contributed by atoms with E-state index >= 15 is 0 Å². The van der Waals surface area contributed by atoms with E-state index in [0.717, 1.165) is 23.4 Å². The van der Waals surface area contributed by atoms with E-state index in [1.165, 1.54) is 0 Å². The van der Waals surface area contributed by atoms with Crippen LogP contribution in [0.3, 0.4) is 0 Å². The maximum Gasteiger partial charge on any atom is 0.315 e. The highest BCUT2D eigenvalue weighted by Crippen LogP contribution is 2.18. The Balaban J connectivity index is 1.57. The Kier molecular flexibility index (Phi) is 5.46. The first kappa shape index (κ1) is 16.8. The molecule has 5 heteroatoms. The van der Waals surface area contributed by atoms with Gasteiger partial charge in [0.15, 0.2) is 0 Å². The SMILES string of the molecule is CCCOc1ccc(OC(=O)Cc2cnn(-c3ccccc3)c2)cc1. The predicted molar refractivity (Wildman–Crippen MR) is 95.1 cm³/mol. The minimum atomic E-state index is -0.324. The van der Waals surface area contributed by atoms with Crippen LogP contribution >= 0.6 is 0 Å². The molecule has 1 aromatic heterocycles. The zero-order chi connectivity index (χ0) is 17.5. The fraction of sp³-hybridized carbons (Fsp3) is 0.200. The summed E-state index contributed by atoms with van der Waals surface area (Å²) in [4.78, 5) is 12.1. The van der Waals surface area contributed by atoms with Gasteiger partial charge in [0.2, 0.25) is 0 Å². The topological polar surface area (TPSA) is 53.4 Å². The molecule has 2 aromatic carbocycles. The Bertz CT molecular complexity index is 810. The second kappa shape index (κ2) is 8.15. The number of para-hydroxylation sites is 1. The lowest BCUT2D eigenvalue weighted by Gasteiger charge is -2.06. The number of hydrogen-bond acceptors (Lipinski definition) is 4. The van der Waals surface area contributed by atoms with Crippen LogP contribution < -0.4 is 9.47 Å². The largest absolute Gasteiger partial charge is 0.494 e. The first-order chi connectivity index (χ1) is 12.2. The summed E-state index contributed by atoms with van der Waals surface area (Å²) in [5.74, 6) is 0.949. The number of carbonyl (C=O) groups excluding carboxylic acids is 1. The van der Waals surface area contributed by atoms with Crippen molar-refractivity contribution >= 4 is 5.97 Å². The summed E-state index contributed by atoms with van der Waals surface area (Å²) >= 11 is 0. The molecule has 0 bridgehead atoms. The van der Waals surface area contributed by atoms with E-state index in [-0.39, 0.29) is 12.4 Å². The third-order valence-electron chi connectivity index (χ3n) is 3.53. The summed E-state index contributed by atoms with van der Waals surface area (Å²) in [5, 5.41) is 4.28. The van der Waals surface area contributed by atoms with Gasteiger partial charge in [-0.2, -0.15) is 5.10 Å². The first-order valence-corrected chi connectivity index (χ1v) is 8.27. The molecule has 0 radical (unpaired) electrons. The molecule has 0 aliphatic rings. The lowest BCUT2D eigenvalue weighted by molar-refractivity contribution is -0.133. The monoisotopic (exact) mass is 336 g/mol. The molecule has 0 aliphatic carbocycles. The summed E-state index contributed by atoms with van der Waals surface area (Å²) in [5.41, 5.74) is 1.75. The molecule has 0 unspecified atom stereocenters. The number of nitrogens with zero attached hydrogens (tertiary/aromatic N) is 2. The van der Waals surface area contributed by atoms with E-state index in [1.54, 1.807) is 35.1 Å². The lowest BCUT2D eigenvalue weighted by atomic mass is 10.2. The molecule has 0 fully saturated rings. The van der Waals surface area contributed by atoms with E-state index in [2.05, 4.69) is 12.0 Å². The third kappa shape index (κ3) is 4.70. The predicted octanol–water partition coefficient (Wildman–Crippen LogP) is 3.81. The minimum absolute atomic E-state index is 0.168. The Morgan fingerprint density at radius 1 is 1.04 bits per heavy atom. The summed E-state index contributed by atoms with van der Waals surface area (Å²) < 4.78 is 12.6. The zero-order valence-corrected chi connectivity index (χ0v) is 14.1. The smallest absolute Gasteiger partial charge is 0.315 e. The Morgan fingerprint density at radius 2 is 1.76 bits per heavy atom. The third-order valence-corrected chi connectivity index (χ3v) is 3.53. The first-order valence-electron chi connectivity index (χ1n) is 8.27. The highest BCUT2D eigenvalue weighted by Gasteiger charge is 2.09. The molecule has 3 rings (SSSR count). The van der Waals surface area contributed by atoms with Crippen LogP contribution in [-0.4, -0.2) is 22.4 Å². The van der Waals surface area contributed by atoms with Crippen LogP contribution in [-0.2, 0) is 11.2 Å². The number of carbonyl (C=O) groups is 1. The summed E-state index contributed by atoms with van der Waals surface area (Å²) in [6, 6.07) is 16.8. The molecule has 0 aliphatic heterocycles. The van der Waals surface area contributed by atoms with Crippen molar-refractivity contribution in [2.24, 2.45) is 0 Å². The van der Waals surface area contributed by atoms with Gasteiger partial charge in [-0.3, -0.25) is 4.79 Å². The maximum atomic E-state index is 12.1. The van der Waals surface area contributed by atoms with Gasteiger partial charge in [-0.1, -0.05) is 25.1 Å². The molecule has 0 N–H and O–H groups in total. The summed E-state index contributed by atoms with van der Waals surface area (Å²) in [6.45, 7) is 2.72. The van der Waals surface area contributed by atoms with Gasteiger partial charge in [0, 0.05) is 11.8 Å². The number of ether oxygens (including phenoxy) is 2. The molecular weight excluding hydrogens is 316 g/mol. The molecule has 5 nitrogen and oxygen atoms in total. The number of rotatable bonds is 7. The van der Waals surface area contributed by atoms with Gasteiger partial charge in [0.05, 0.1) is 24.9 Å². The van der Waals surface area contributed by atoms with E-state index in [0.29, 0.717) is 12.4 Å². The molecule has 128 valence electrons. The number of benzene rings is 2. The number of aromatic nitrogens is 2. The molecule has 1 heterocycles. The van der Waals surface area contributed by atoms with Gasteiger partial charge < -0.3 is 9.47 Å². The van der Waals surface area contributed by atoms with E-state index < -0.39 is 0 Å². The average molecular weight is 336 g/mol. The van der Waals surface area contributed by atoms with Crippen molar-refractivity contribution in [3.63, 3.8) is 0 Å². The van der Waals surface area contributed by atoms with Crippen molar-refractivity contribution in [2.75, 3.05) is 6.61 Å². The fourth-order valence-electron chi connectivity index (χ4n) is 2.33. The van der Waals surface area contributed by atoms with Gasteiger partial charge >= 0.3 is 5.97 Å². The van der Waals surface area contributed by atoms with Gasteiger partial charge in [0.1, 0.15) is 11.5 Å². The second-order valence-electron chi connectivity index (χ2n) is 5.60. The molecule has 25 heavy (non-hydrogen) atoms. The quantitative estimate of drug-likeness (QED) is 0.486. The van der Waals surface area contributed by atoms with Crippen molar-refractivity contribution in [2.45, 2.75) is 19.8 Å². The second-order valence-corrected chi connectivity index (χ2v) is 5.60. The highest BCUT2D eigenvalue weighted by molar-refractivity contribution is 5.75. The van der Waals surface area contributed by atoms with Crippen LogP contribution in [0.15, 0.2) is 67.0 Å². The summed E-state index contributed by atoms with van der Waals surface area (Å²) in [6.07, 6.45) is 4.63. The van der Waals surface area contributed by atoms with Crippen LogP contribution in [0.25, 0.3) is 5.69 Å². The van der Waals surface area contributed by atoms with E-state index in [9.17, 15) is 4.79 Å². The van der Waals surface area contributed by atoms with Crippen molar-refractivity contribution in [1.82, 2.24) is 9.78 Å². The Morgan fingerprint density at radius 3 is 2.48 bits per heavy atom. The van der Waals surface area contributed by atoms with Crippen LogP contribution in [0.2, 0.25) is 0 Å². The highest BCUT2D eigenvalue weighted by atomic mass is 16.5. The van der Waals surface area contributed by atoms with Gasteiger partial charge in [-0.05, 0) is 42.8 Å². The molecule has 0 saturated heterocycles. The fourth-order valence-corrected chi connectivity index (χ4v) is 2.33. The van der Waals surface area contributed by atoms with Crippen molar-refractivity contribution in [3.8, 4) is 17.2 Å². The lowest BCUT2D eigenvalue weighted by Crippen LogP contribution is -2.10. The molecule has 0 spiro atoms. The van der Waals surface area contributed by atoms with Crippen molar-refractivity contribution in [1.29, 1.82) is 0 Å². The average Bonchev–Trinajstić information content (AvgIpc) is 3.10. The van der Waals surface area contributed by atoms with Crippen LogP contribution in [0.1, 0.15) is 18.9 Å². The molecule has 0 amide bonds. The van der Waals surface area contributed by atoms with E-state index in [1.807, 2.05) is 36.5 Å². The van der Waals surface area contributed by atoms with Crippen LogP contribution in [0.5, 0.6) is 11.5 Å². The van der Waals surface area contributed by atoms with Crippen molar-refractivity contribution in [3.05, 3.63) is 72.6 Å². The Labute approximate surface area is 146 Å². The molecule has 3 aromatic rings.